The van der Waals surface area contributed by atoms with Crippen LogP contribution in [0.2, 0.25) is 0 Å². The number of aromatic nitrogens is 1. The summed E-state index contributed by atoms with van der Waals surface area (Å²) in [5.74, 6) is -0.306. The van der Waals surface area contributed by atoms with Gasteiger partial charge in [0, 0.05) is 30.5 Å². The van der Waals surface area contributed by atoms with E-state index >= 15 is 0 Å². The van der Waals surface area contributed by atoms with Gasteiger partial charge < -0.3 is 0 Å². The highest BCUT2D eigenvalue weighted by atomic mass is 32.2. The summed E-state index contributed by atoms with van der Waals surface area (Å²) in [5.41, 5.74) is 4.95. The number of benzene rings is 2. The third kappa shape index (κ3) is 5.09. The summed E-state index contributed by atoms with van der Waals surface area (Å²) >= 11 is 1.38. The van der Waals surface area contributed by atoms with Crippen LogP contribution >= 0.6 is 11.3 Å². The molecular weight excluding hydrogens is 442 g/mol. The predicted molar refractivity (Wildman–Crippen MR) is 128 cm³/mol. The van der Waals surface area contributed by atoms with Crippen molar-refractivity contribution < 1.29 is 13.2 Å². The Balaban J connectivity index is 1.41. The number of rotatable bonds is 6. The maximum absolute atomic E-state index is 12.8. The molecule has 0 atom stereocenters. The second kappa shape index (κ2) is 9.52. The van der Waals surface area contributed by atoms with Crippen molar-refractivity contribution in [2.45, 2.75) is 44.4 Å². The highest BCUT2D eigenvalue weighted by Gasteiger charge is 2.26. The molecule has 32 heavy (non-hydrogen) atoms. The lowest BCUT2D eigenvalue weighted by molar-refractivity contribution is 0.102. The van der Waals surface area contributed by atoms with E-state index in [2.05, 4.69) is 42.3 Å². The summed E-state index contributed by atoms with van der Waals surface area (Å²) in [6.07, 6.45) is 3.55. The first-order valence-electron chi connectivity index (χ1n) is 10.7. The molecule has 0 radical (unpaired) electrons. The molecule has 0 spiro atoms. The van der Waals surface area contributed by atoms with Crippen molar-refractivity contribution in [2.24, 2.45) is 0 Å². The minimum absolute atomic E-state index is 0.223. The van der Waals surface area contributed by atoms with E-state index < -0.39 is 10.0 Å². The van der Waals surface area contributed by atoms with Crippen molar-refractivity contribution in [3.63, 3.8) is 0 Å². The zero-order valence-electron chi connectivity index (χ0n) is 18.3. The molecule has 1 aliphatic rings. The van der Waals surface area contributed by atoms with Gasteiger partial charge in [-0.25, -0.2) is 13.4 Å². The van der Waals surface area contributed by atoms with E-state index in [0.717, 1.165) is 25.0 Å². The molecule has 1 amide bonds. The summed E-state index contributed by atoms with van der Waals surface area (Å²) in [4.78, 5) is 17.4. The van der Waals surface area contributed by atoms with Crippen molar-refractivity contribution in [2.75, 3.05) is 18.4 Å². The van der Waals surface area contributed by atoms with E-state index in [9.17, 15) is 13.2 Å². The Bertz CT molecular complexity index is 1210. The molecule has 2 aromatic carbocycles. The van der Waals surface area contributed by atoms with Crippen molar-refractivity contribution in [1.29, 1.82) is 0 Å². The van der Waals surface area contributed by atoms with Crippen LogP contribution in [0.15, 0.2) is 52.7 Å². The Morgan fingerprint density at radius 3 is 2.50 bits per heavy atom. The SMILES string of the molecule is Cc1ccc(C)c(Cc2csc(NC(=O)c3ccc(S(=O)(=O)N4CCCCC4)cc3)n2)c1. The second-order valence-corrected chi connectivity index (χ2v) is 11.0. The molecule has 168 valence electrons. The molecule has 4 rings (SSSR count). The fraction of sp³-hybridized carbons (Fsp3) is 0.333. The number of anilines is 1. The second-order valence-electron chi connectivity index (χ2n) is 8.19. The van der Waals surface area contributed by atoms with Gasteiger partial charge in [0.05, 0.1) is 10.6 Å². The molecule has 6 nitrogen and oxygen atoms in total. The standard InChI is InChI=1S/C24H27N3O3S2/c1-17-6-7-18(2)20(14-17)15-21-16-31-24(25-21)26-23(28)19-8-10-22(11-9-19)32(29,30)27-12-4-3-5-13-27/h6-11,14,16H,3-5,12-13,15H2,1-2H3,(H,25,26,28). The van der Waals surface area contributed by atoms with E-state index in [1.807, 2.05) is 5.38 Å². The first-order chi connectivity index (χ1) is 15.3. The van der Waals surface area contributed by atoms with Crippen molar-refractivity contribution in [3.05, 3.63) is 75.8 Å². The molecular formula is C24H27N3O3S2. The number of carbonyl (C=O) groups is 1. The Morgan fingerprint density at radius 1 is 1.06 bits per heavy atom. The van der Waals surface area contributed by atoms with Gasteiger partial charge in [0.25, 0.3) is 5.91 Å². The molecule has 1 saturated heterocycles. The predicted octanol–water partition coefficient (Wildman–Crippen LogP) is 4.78. The molecule has 2 heterocycles. The summed E-state index contributed by atoms with van der Waals surface area (Å²) in [6.45, 7) is 5.26. The first-order valence-corrected chi connectivity index (χ1v) is 13.1. The molecule has 1 aromatic heterocycles. The number of aryl methyl sites for hydroxylation is 2. The van der Waals surface area contributed by atoms with Gasteiger partial charge >= 0.3 is 0 Å². The summed E-state index contributed by atoms with van der Waals surface area (Å²) in [5, 5.41) is 5.30. The van der Waals surface area contributed by atoms with Crippen molar-refractivity contribution in [3.8, 4) is 0 Å². The highest BCUT2D eigenvalue weighted by molar-refractivity contribution is 7.89. The smallest absolute Gasteiger partial charge is 0.257 e. The molecule has 0 aliphatic carbocycles. The van der Waals surface area contributed by atoms with Crippen LogP contribution in [-0.2, 0) is 16.4 Å². The van der Waals surface area contributed by atoms with Crippen LogP contribution < -0.4 is 5.32 Å². The summed E-state index contributed by atoms with van der Waals surface area (Å²) in [6, 6.07) is 12.5. The van der Waals surface area contributed by atoms with Gasteiger partial charge in [-0.1, -0.05) is 30.2 Å². The summed E-state index contributed by atoms with van der Waals surface area (Å²) in [7, 11) is -3.51. The molecule has 8 heteroatoms. The number of hydrogen-bond acceptors (Lipinski definition) is 5. The Morgan fingerprint density at radius 2 is 1.78 bits per heavy atom. The Kier molecular flexibility index (Phi) is 6.74. The zero-order chi connectivity index (χ0) is 22.7. The van der Waals surface area contributed by atoms with Gasteiger partial charge in [0.15, 0.2) is 5.13 Å². The quantitative estimate of drug-likeness (QED) is 0.564. The largest absolute Gasteiger partial charge is 0.298 e. The Hall–Kier alpha value is -2.55. The van der Waals surface area contributed by atoms with Gasteiger partial charge in [0.1, 0.15) is 0 Å². The molecule has 1 aliphatic heterocycles. The number of amides is 1. The third-order valence-corrected chi connectivity index (χ3v) is 8.44. The highest BCUT2D eigenvalue weighted by Crippen LogP contribution is 2.23. The lowest BCUT2D eigenvalue weighted by atomic mass is 10.0. The average molecular weight is 470 g/mol. The fourth-order valence-corrected chi connectivity index (χ4v) is 6.06. The molecule has 0 unspecified atom stereocenters. The normalized spacial score (nSPS) is 14.9. The van der Waals surface area contributed by atoms with Crippen LogP contribution in [0.4, 0.5) is 5.13 Å². The minimum atomic E-state index is -3.51. The fourth-order valence-electron chi connectivity index (χ4n) is 3.83. The van der Waals surface area contributed by atoms with Crippen LogP contribution in [0.25, 0.3) is 0 Å². The van der Waals surface area contributed by atoms with Gasteiger partial charge in [-0.3, -0.25) is 10.1 Å². The number of sulfonamides is 1. The molecule has 1 fully saturated rings. The van der Waals surface area contributed by atoms with E-state index in [4.69, 9.17) is 0 Å². The van der Waals surface area contributed by atoms with Gasteiger partial charge in [-0.15, -0.1) is 11.3 Å². The molecule has 0 saturated carbocycles. The number of hydrogen-bond donors (Lipinski definition) is 1. The number of piperidine rings is 1. The lowest BCUT2D eigenvalue weighted by Gasteiger charge is -2.25. The van der Waals surface area contributed by atoms with E-state index in [0.29, 0.717) is 30.2 Å². The number of nitrogens with zero attached hydrogens (tertiary/aromatic N) is 2. The molecule has 0 bridgehead atoms. The van der Waals surface area contributed by atoms with Crippen LogP contribution in [0, 0.1) is 13.8 Å². The van der Waals surface area contributed by atoms with Crippen LogP contribution in [0.1, 0.15) is 52.0 Å². The molecule has 3 aromatic rings. The zero-order valence-corrected chi connectivity index (χ0v) is 19.9. The van der Waals surface area contributed by atoms with E-state index in [1.165, 1.54) is 44.5 Å². The first kappa shape index (κ1) is 22.6. The van der Waals surface area contributed by atoms with Crippen LogP contribution in [0.5, 0.6) is 0 Å². The lowest BCUT2D eigenvalue weighted by Crippen LogP contribution is -2.35. The maximum Gasteiger partial charge on any atom is 0.257 e. The topological polar surface area (TPSA) is 79.4 Å². The summed E-state index contributed by atoms with van der Waals surface area (Å²) < 4.78 is 27.1. The molecule has 1 N–H and O–H groups in total. The van der Waals surface area contributed by atoms with Crippen LogP contribution in [0.3, 0.4) is 0 Å². The van der Waals surface area contributed by atoms with E-state index in [1.54, 1.807) is 12.1 Å². The number of nitrogens with one attached hydrogen (secondary N) is 1. The number of thiazole rings is 1. The Labute approximate surface area is 193 Å². The third-order valence-electron chi connectivity index (χ3n) is 5.72. The van der Waals surface area contributed by atoms with E-state index in [-0.39, 0.29) is 10.8 Å². The van der Waals surface area contributed by atoms with Crippen molar-refractivity contribution in [1.82, 2.24) is 9.29 Å². The van der Waals surface area contributed by atoms with Gasteiger partial charge in [-0.05, 0) is 62.1 Å². The van der Waals surface area contributed by atoms with Crippen molar-refractivity contribution >= 4 is 32.4 Å². The number of carbonyl (C=O) groups excluding carboxylic acids is 1. The van der Waals surface area contributed by atoms with Gasteiger partial charge in [-0.2, -0.15) is 4.31 Å². The monoisotopic (exact) mass is 469 g/mol. The van der Waals surface area contributed by atoms with Crippen LogP contribution in [-0.4, -0.2) is 36.7 Å². The minimum Gasteiger partial charge on any atom is -0.298 e. The van der Waals surface area contributed by atoms with Gasteiger partial charge in [0.2, 0.25) is 10.0 Å². The maximum atomic E-state index is 12.8. The average Bonchev–Trinajstić information content (AvgIpc) is 3.23.